The van der Waals surface area contributed by atoms with Gasteiger partial charge in [-0.1, -0.05) is 84.6 Å². The number of hydrogen-bond donors (Lipinski definition) is 0. The first kappa shape index (κ1) is 31.3. The van der Waals surface area contributed by atoms with Crippen LogP contribution in [0.15, 0.2) is 119 Å². The maximum absolute atomic E-state index is 11.0. The predicted octanol–water partition coefficient (Wildman–Crippen LogP) is 4.33. The van der Waals surface area contributed by atoms with Crippen LogP contribution in [-0.4, -0.2) is 54.2 Å². The lowest BCUT2D eigenvalue weighted by atomic mass is 10.2. The van der Waals surface area contributed by atoms with E-state index in [1.54, 1.807) is 36.4 Å². The van der Waals surface area contributed by atoms with E-state index in [9.17, 15) is 19.8 Å². The van der Waals surface area contributed by atoms with Gasteiger partial charge >= 0.3 is 0 Å². The van der Waals surface area contributed by atoms with Crippen LogP contribution in [-0.2, 0) is 0 Å². The number of carbonyl (C=O) groups excluding carboxylic acids is 2. The topological polar surface area (TPSA) is 80.3 Å². The highest BCUT2D eigenvalue weighted by Crippen LogP contribution is 2.32. The molecule has 7 heteroatoms. The van der Waals surface area contributed by atoms with Crippen molar-refractivity contribution in [3.8, 4) is 0 Å². The number of carboxylic acid groups (broad SMARTS) is 2. The molecule has 6 nitrogen and oxygen atoms in total. The third-order valence-corrected chi connectivity index (χ3v) is 6.65. The highest BCUT2D eigenvalue weighted by Gasteiger charge is 2.10. The molecule has 4 rings (SSSR count). The van der Waals surface area contributed by atoms with Crippen LogP contribution in [0.4, 0.5) is 11.4 Å². The fourth-order valence-corrected chi connectivity index (χ4v) is 4.37. The first-order valence-corrected chi connectivity index (χ1v) is 13.1. The second-order valence-electron chi connectivity index (χ2n) is 10.4. The average molecular weight is 545 g/mol. The Morgan fingerprint density at radius 2 is 0.769 bits per heavy atom. The average Bonchev–Trinajstić information content (AvgIpc) is 2.90. The van der Waals surface area contributed by atoms with Gasteiger partial charge in [-0.05, 0) is 36.4 Å². The summed E-state index contributed by atoms with van der Waals surface area (Å²) in [6.45, 7) is 0. The van der Waals surface area contributed by atoms with Crippen LogP contribution in [0, 0.1) is 0 Å². The number of quaternary nitrogens is 2. The molecule has 0 N–H and O–H groups in total. The minimum absolute atomic E-state index is 0.0284. The summed E-state index contributed by atoms with van der Waals surface area (Å²) in [5.41, 5.74) is 2.73. The minimum atomic E-state index is -1.30. The van der Waals surface area contributed by atoms with Crippen molar-refractivity contribution in [3.63, 3.8) is 0 Å². The van der Waals surface area contributed by atoms with Crippen molar-refractivity contribution in [2.75, 3.05) is 42.3 Å². The van der Waals surface area contributed by atoms with Gasteiger partial charge in [-0.3, -0.25) is 8.97 Å². The number of carbonyl (C=O) groups is 2. The van der Waals surface area contributed by atoms with Crippen LogP contribution in [0.1, 0.15) is 20.7 Å². The van der Waals surface area contributed by atoms with Crippen LogP contribution in [0.25, 0.3) is 0 Å². The molecule has 0 aromatic heterocycles. The van der Waals surface area contributed by atoms with Crippen LogP contribution < -0.4 is 19.2 Å². The zero-order valence-electron chi connectivity index (χ0n) is 23.3. The Labute approximate surface area is 236 Å². The van der Waals surface area contributed by atoms with Gasteiger partial charge in [-0.15, -0.1) is 0 Å². The number of hydrogen-bond acceptors (Lipinski definition) is 5. The van der Waals surface area contributed by atoms with Gasteiger partial charge in [0.1, 0.15) is 11.4 Å². The molecule has 0 fully saturated rings. The van der Waals surface area contributed by atoms with Gasteiger partial charge in [0.2, 0.25) is 0 Å². The molecule has 4 aromatic rings. The summed E-state index contributed by atoms with van der Waals surface area (Å²) in [6.07, 6.45) is 0. The smallest absolute Gasteiger partial charge is 0.132 e. The molecule has 0 unspecified atom stereocenters. The summed E-state index contributed by atoms with van der Waals surface area (Å²) in [5.74, 6) is -2.59. The molecule has 4 aromatic carbocycles. The van der Waals surface area contributed by atoms with Crippen molar-refractivity contribution in [2.45, 2.75) is 9.79 Å². The van der Waals surface area contributed by atoms with Gasteiger partial charge in [-0.25, -0.2) is 0 Å². The fraction of sp³-hybridized carbons (Fsp3) is 0.188. The molecular formula is C32H36N2O4S. The van der Waals surface area contributed by atoms with E-state index >= 15 is 0 Å². The van der Waals surface area contributed by atoms with E-state index in [1.807, 2.05) is 12.1 Å². The van der Waals surface area contributed by atoms with Gasteiger partial charge in [0, 0.05) is 20.9 Å². The third-order valence-electron chi connectivity index (χ3n) is 5.50. The maximum Gasteiger partial charge on any atom is 0.132 e. The van der Waals surface area contributed by atoms with Crippen LogP contribution in [0.2, 0.25) is 0 Å². The summed E-state index contributed by atoms with van der Waals surface area (Å²) >= 11 is 1.06. The number of carboxylic acids is 2. The van der Waals surface area contributed by atoms with E-state index in [-0.39, 0.29) is 11.1 Å². The highest BCUT2D eigenvalue weighted by atomic mass is 32.2. The summed E-state index contributed by atoms with van der Waals surface area (Å²) in [4.78, 5) is 22.8. The van der Waals surface area contributed by atoms with Crippen molar-refractivity contribution in [1.82, 2.24) is 8.97 Å². The molecule has 0 saturated carbocycles. The van der Waals surface area contributed by atoms with Gasteiger partial charge in [-0.2, -0.15) is 0 Å². The second-order valence-corrected chi connectivity index (χ2v) is 11.4. The van der Waals surface area contributed by atoms with Crippen LogP contribution >= 0.6 is 11.8 Å². The highest BCUT2D eigenvalue weighted by molar-refractivity contribution is 7.99. The van der Waals surface area contributed by atoms with E-state index in [0.29, 0.717) is 9.79 Å². The lowest BCUT2D eigenvalue weighted by molar-refractivity contribution is -0.256. The van der Waals surface area contributed by atoms with Crippen molar-refractivity contribution in [2.24, 2.45) is 0 Å². The van der Waals surface area contributed by atoms with Gasteiger partial charge in [0.15, 0.2) is 0 Å². The Morgan fingerprint density at radius 3 is 1.03 bits per heavy atom. The lowest BCUT2D eigenvalue weighted by Gasteiger charge is -2.22. The van der Waals surface area contributed by atoms with E-state index in [2.05, 4.69) is 90.8 Å². The first-order valence-electron chi connectivity index (χ1n) is 12.3. The Bertz CT molecular complexity index is 1240. The summed E-state index contributed by atoms with van der Waals surface area (Å²) in [5, 5.41) is 22.0. The van der Waals surface area contributed by atoms with Crippen LogP contribution in [0.5, 0.6) is 0 Å². The Balaban J connectivity index is 0.000000225. The summed E-state index contributed by atoms with van der Waals surface area (Å²) < 4.78 is 1.78. The van der Waals surface area contributed by atoms with E-state index < -0.39 is 11.9 Å². The van der Waals surface area contributed by atoms with Crippen LogP contribution in [0.3, 0.4) is 0 Å². The lowest BCUT2D eigenvalue weighted by Crippen LogP contribution is -2.34. The normalized spacial score (nSPS) is 10.8. The van der Waals surface area contributed by atoms with Crippen molar-refractivity contribution < 1.29 is 19.8 Å². The molecule has 0 saturated heterocycles. The Morgan fingerprint density at radius 1 is 0.487 bits per heavy atom. The quantitative estimate of drug-likeness (QED) is 0.338. The monoisotopic (exact) mass is 544 g/mol. The number of para-hydroxylation sites is 2. The molecular weight excluding hydrogens is 508 g/mol. The largest absolute Gasteiger partial charge is 0.545 e. The zero-order valence-corrected chi connectivity index (χ0v) is 24.1. The van der Waals surface area contributed by atoms with Crippen molar-refractivity contribution in [3.05, 3.63) is 120 Å². The van der Waals surface area contributed by atoms with Gasteiger partial charge < -0.3 is 19.8 Å². The number of rotatable bonds is 6. The number of benzene rings is 4. The number of aromatic carboxylic acids is 2. The molecule has 0 bridgehead atoms. The molecule has 0 radical (unpaired) electrons. The molecule has 0 aliphatic heterocycles. The standard InChI is InChI=1S/C14H10O4S.2C9H14N/c15-13(16)9-5-1-3-7-11(9)19-12-8-4-2-6-10(12)14(17)18;2*1-10(2,3)9-7-5-4-6-8-9/h1-8H,(H,15,16)(H,17,18);2*4-8H,1-3H3/q;2*+1/p-2. The summed E-state index contributed by atoms with van der Waals surface area (Å²) in [7, 11) is 13.0. The Hall–Kier alpha value is -3.91. The minimum Gasteiger partial charge on any atom is -0.545 e. The molecule has 0 spiro atoms. The Kier molecular flexibility index (Phi) is 11.5. The van der Waals surface area contributed by atoms with E-state index in [1.165, 1.54) is 23.5 Å². The molecule has 0 heterocycles. The predicted molar refractivity (Wildman–Crippen MR) is 158 cm³/mol. The molecule has 0 aliphatic rings. The number of nitrogens with zero attached hydrogens (tertiary/aromatic N) is 2. The third kappa shape index (κ3) is 10.4. The van der Waals surface area contributed by atoms with Gasteiger partial charge in [0.05, 0.1) is 54.2 Å². The van der Waals surface area contributed by atoms with E-state index in [0.717, 1.165) is 20.7 Å². The molecule has 0 aliphatic carbocycles. The zero-order chi connectivity index (χ0) is 29.1. The first-order chi connectivity index (χ1) is 18.3. The molecule has 204 valence electrons. The SMILES string of the molecule is C[N+](C)(C)c1ccccc1.C[N+](C)(C)c1ccccc1.O=C([O-])c1ccccc1Sc1ccccc1C(=O)[O-]. The summed E-state index contributed by atoms with van der Waals surface area (Å²) in [6, 6.07) is 33.5. The van der Waals surface area contributed by atoms with Crippen molar-refractivity contribution in [1.29, 1.82) is 0 Å². The van der Waals surface area contributed by atoms with Gasteiger partial charge in [0.25, 0.3) is 0 Å². The maximum atomic E-state index is 11.0. The molecule has 0 amide bonds. The molecule has 39 heavy (non-hydrogen) atoms. The molecule has 0 atom stereocenters. The van der Waals surface area contributed by atoms with E-state index in [4.69, 9.17) is 0 Å². The van der Waals surface area contributed by atoms with Crippen molar-refractivity contribution >= 4 is 35.1 Å². The second kappa shape index (κ2) is 14.3. The fourth-order valence-electron chi connectivity index (χ4n) is 3.32.